The first kappa shape index (κ1) is 105. The molecule has 9 heterocycles. The van der Waals surface area contributed by atoms with Crippen LogP contribution in [-0.4, -0.2) is 252 Å². The highest BCUT2D eigenvalue weighted by molar-refractivity contribution is 5.58. The highest BCUT2D eigenvalue weighted by atomic mass is 15.4. The molecule has 0 aliphatic carbocycles. The molecular weight excluding hydrogens is 1560 g/mol. The van der Waals surface area contributed by atoms with Crippen LogP contribution in [0.2, 0.25) is 0 Å². The van der Waals surface area contributed by atoms with E-state index in [2.05, 4.69) is 327 Å². The second-order valence-corrected chi connectivity index (χ2v) is 48.6. The van der Waals surface area contributed by atoms with E-state index >= 15 is 0 Å². The van der Waals surface area contributed by atoms with E-state index in [1.54, 1.807) is 0 Å². The van der Waals surface area contributed by atoms with Gasteiger partial charge in [-0.3, -0.25) is 34.3 Å². The number of rotatable bonds is 43. The molecule has 7 unspecified atom stereocenters. The Morgan fingerprint density at radius 2 is 0.452 bits per heavy atom. The zero-order chi connectivity index (χ0) is 93.7. The summed E-state index contributed by atoms with van der Waals surface area (Å²) in [7, 11) is 13.9. The molecule has 6 aliphatic heterocycles. The molecule has 3 aromatic rings. The van der Waals surface area contributed by atoms with Crippen molar-refractivity contribution in [3.8, 4) is 0 Å². The van der Waals surface area contributed by atoms with Gasteiger partial charge < -0.3 is 48.3 Å². The van der Waals surface area contributed by atoms with Crippen LogP contribution in [0.5, 0.6) is 0 Å². The van der Waals surface area contributed by atoms with Crippen LogP contribution in [0.15, 0.2) is 0 Å². The molecule has 0 spiro atoms. The van der Waals surface area contributed by atoms with Crippen molar-refractivity contribution in [2.75, 3.05) is 112 Å². The molecule has 3 aromatic heterocycles. The third-order valence-corrected chi connectivity index (χ3v) is 33.5. The molecule has 25 nitrogen and oxygen atoms in total. The van der Waals surface area contributed by atoms with E-state index in [0.29, 0.717) is 108 Å². The number of nitrogens with one attached hydrogen (secondary N) is 8. The van der Waals surface area contributed by atoms with Crippen molar-refractivity contribution < 1.29 is 0 Å². The number of hydrogen-bond acceptors (Lipinski definition) is 25. The molecule has 0 amide bonds. The third kappa shape index (κ3) is 25.6. The van der Waals surface area contributed by atoms with Gasteiger partial charge in [0.15, 0.2) is 5.82 Å². The molecule has 722 valence electrons. The Kier molecular flexibility index (Phi) is 34.8. The molecule has 6 fully saturated rings. The molecule has 0 bridgehead atoms. The number of piperidine rings is 6. The number of nitrogens with two attached hydrogens (primary N) is 1. The van der Waals surface area contributed by atoms with Gasteiger partial charge in [-0.25, -0.2) is 0 Å². The lowest BCUT2D eigenvalue weighted by molar-refractivity contribution is -0.0349. The van der Waals surface area contributed by atoms with Crippen LogP contribution in [0.1, 0.15) is 387 Å². The van der Waals surface area contributed by atoms with E-state index in [-0.39, 0.29) is 103 Å². The van der Waals surface area contributed by atoms with Gasteiger partial charge in [0.1, 0.15) is 6.04 Å². The second kappa shape index (κ2) is 41.8. The van der Waals surface area contributed by atoms with Crippen molar-refractivity contribution in [2.24, 2.45) is 41.2 Å². The van der Waals surface area contributed by atoms with E-state index < -0.39 is 6.04 Å². The molecule has 0 radical (unpaired) electrons. The normalized spacial score (nSPS) is 24.8. The minimum atomic E-state index is -0.748. The fraction of sp³-hybridized carbons (Fsp3) is 0.911. The van der Waals surface area contributed by atoms with Crippen LogP contribution in [0, 0.1) is 35.5 Å². The van der Waals surface area contributed by atoms with Crippen LogP contribution < -0.4 is 53.2 Å². The van der Waals surface area contributed by atoms with Crippen LogP contribution >= 0.6 is 0 Å². The van der Waals surface area contributed by atoms with Gasteiger partial charge in [0.25, 0.3) is 0 Å². The maximum Gasteiger partial charge on any atom is 0.239 e. The summed E-state index contributed by atoms with van der Waals surface area (Å²) in [6.45, 7) is 75.9. The largest absolute Gasteiger partial charge is 0.351 e. The van der Waals surface area contributed by atoms with Crippen molar-refractivity contribution >= 4 is 47.6 Å². The van der Waals surface area contributed by atoms with E-state index in [4.69, 9.17) is 50.6 Å². The molecule has 0 saturated carbocycles. The maximum atomic E-state index is 6.11. The molecule has 6 saturated heterocycles. The zero-order valence-electron chi connectivity index (χ0n) is 87.7. The van der Waals surface area contributed by atoms with Gasteiger partial charge in [-0.15, -0.1) is 0 Å². The summed E-state index contributed by atoms with van der Waals surface area (Å²) in [4.78, 5) is 71.5. The summed E-state index contributed by atoms with van der Waals surface area (Å²) in [5.41, 5.74) is 5.33. The van der Waals surface area contributed by atoms with E-state index in [1.807, 2.05) is 0 Å². The predicted octanol–water partition coefficient (Wildman–Crippen LogP) is 19.9. The molecule has 25 heteroatoms. The number of hydrogen-bond donors (Lipinski definition) is 9. The Hall–Kier alpha value is -4.73. The van der Waals surface area contributed by atoms with E-state index in [1.165, 1.54) is 0 Å². The van der Waals surface area contributed by atoms with Crippen molar-refractivity contribution in [3.05, 3.63) is 5.82 Å². The minimum Gasteiger partial charge on any atom is -0.351 e. The number of likely N-dealkylation sites (tertiary alicyclic amines) is 6. The Morgan fingerprint density at radius 1 is 0.270 bits per heavy atom. The van der Waals surface area contributed by atoms with Gasteiger partial charge in [0, 0.05) is 116 Å². The first-order valence-electron chi connectivity index (χ1n) is 50.7. The highest BCUT2D eigenvalue weighted by Gasteiger charge is 2.53. The minimum absolute atomic E-state index is 0.0253. The Morgan fingerprint density at radius 3 is 0.635 bits per heavy atom. The van der Waals surface area contributed by atoms with Gasteiger partial charge in [0.2, 0.25) is 47.6 Å². The molecule has 126 heavy (non-hydrogen) atoms. The quantitative estimate of drug-likeness (QED) is 0.0239. The molecule has 6 aliphatic rings. The van der Waals surface area contributed by atoms with Crippen molar-refractivity contribution in [1.29, 1.82) is 0 Å². The van der Waals surface area contributed by atoms with Crippen molar-refractivity contribution in [3.63, 3.8) is 0 Å². The van der Waals surface area contributed by atoms with E-state index in [0.717, 1.165) is 180 Å². The monoisotopic (exact) mass is 1760 g/mol. The molecule has 0 aromatic carbocycles. The second-order valence-electron chi connectivity index (χ2n) is 48.6. The van der Waals surface area contributed by atoms with Crippen LogP contribution in [0.25, 0.3) is 0 Å². The maximum absolute atomic E-state index is 6.11. The topological polar surface area (TPSA) is 261 Å². The molecule has 7 atom stereocenters. The van der Waals surface area contributed by atoms with Gasteiger partial charge in [-0.05, 0) is 392 Å². The standard InChI is InChI=1S/C101H193N25/c1-37-44-74(68-56-90(7,8)120(31)91(9,10)57-68)105-82-111-81(112-83(113-82)106-75(45-38-2)69-58-92(11,12)121(32)93(13,14)59-69)80(50-53-104-55-54-103-52-43-51-102)126(88-116-84(107-76(46-39-3)70-60-94(15,16)122(33)95(17,18)61-70)114-85(117-88)108-77(47-40-4)71-62-96(19,20)123(34)97(21,22)63-71)89-118-86(109-78(48-41-5)72-64-98(23,24)124(35)99(25,26)65-72)115-87(119-89)110-79(49-42-6)73-66-100(27,28)125(36)101(29,30)67-73/h68-80,103-104H,37-67,102H2,1-36H3,(H2,105,106,111,112,113)(H2,107,108,114,116,117)(H2,109,110,115,118,119). The van der Waals surface area contributed by atoms with Crippen molar-refractivity contribution in [1.82, 2.24) is 84.9 Å². The predicted molar refractivity (Wildman–Crippen MR) is 534 cm³/mol. The fourth-order valence-corrected chi connectivity index (χ4v) is 25.3. The third-order valence-electron chi connectivity index (χ3n) is 33.5. The first-order chi connectivity index (χ1) is 58.5. The molecule has 10 N–H and O–H groups in total. The van der Waals surface area contributed by atoms with Crippen LogP contribution in [0.3, 0.4) is 0 Å². The summed E-state index contributed by atoms with van der Waals surface area (Å²) >= 11 is 0. The number of anilines is 8. The lowest BCUT2D eigenvalue weighted by atomic mass is 9.70. The van der Waals surface area contributed by atoms with Gasteiger partial charge >= 0.3 is 0 Å². The summed E-state index contributed by atoms with van der Waals surface area (Å²) in [6, 6.07) is -0.547. The summed E-state index contributed by atoms with van der Waals surface area (Å²) in [5.74, 6) is 6.42. The van der Waals surface area contributed by atoms with Crippen molar-refractivity contribution in [2.45, 2.75) is 483 Å². The Bertz CT molecular complexity index is 3400. The zero-order valence-corrected chi connectivity index (χ0v) is 87.7. The highest BCUT2D eigenvalue weighted by Crippen LogP contribution is 2.51. The lowest BCUT2D eigenvalue weighted by Gasteiger charge is -2.55. The SMILES string of the molecule is CCCC(Nc1nc(NC(CCC)C2CC(C)(C)N(C)C(C)(C)C2)nc(C(CCNCCNCCCN)N(c2nc(NC(CCC)C3CC(C)(C)N(C)C(C)(C)C3)nc(NC(CCC)C3CC(C)(C)N(C)C(C)(C)C3)n2)c2nc(NC(CCC)C3CC(C)(C)N(C)C(C)(C)C3)nc(NC(CCC)C3CC(C)(C)N(C)C(C)(C)C3)n2)n1)C1CC(C)(C)N(C)C(C)(C)C1. The lowest BCUT2D eigenvalue weighted by Crippen LogP contribution is -2.60. The fourth-order valence-electron chi connectivity index (χ4n) is 25.3. The number of nitrogens with zero attached hydrogens (tertiary/aromatic N) is 16. The van der Waals surface area contributed by atoms with Gasteiger partial charge in [-0.1, -0.05) is 80.1 Å². The average Bonchev–Trinajstić information content (AvgIpc) is 0.769. The summed E-state index contributed by atoms with van der Waals surface area (Å²) in [6.07, 6.45) is 25.1. The van der Waals surface area contributed by atoms with Gasteiger partial charge in [0.05, 0.1) is 0 Å². The smallest absolute Gasteiger partial charge is 0.239 e. The Labute approximate surface area is 770 Å². The average molecular weight is 1760 g/mol. The van der Waals surface area contributed by atoms with Gasteiger partial charge in [-0.2, -0.15) is 44.9 Å². The number of aromatic nitrogens is 9. The molecular formula is C101H193N25. The first-order valence-corrected chi connectivity index (χ1v) is 50.7. The summed E-state index contributed by atoms with van der Waals surface area (Å²) in [5, 5.41) is 33.2. The van der Waals surface area contributed by atoms with Crippen LogP contribution in [-0.2, 0) is 0 Å². The summed E-state index contributed by atoms with van der Waals surface area (Å²) < 4.78 is 0. The van der Waals surface area contributed by atoms with Crippen LogP contribution in [0.4, 0.5) is 47.6 Å². The Balaban J connectivity index is 1.43. The molecule has 9 rings (SSSR count). The van der Waals surface area contributed by atoms with E-state index in [9.17, 15) is 0 Å².